The Hall–Kier alpha value is -3.04. The van der Waals surface area contributed by atoms with Gasteiger partial charge in [-0.2, -0.15) is 5.26 Å². The Bertz CT molecular complexity index is 978. The van der Waals surface area contributed by atoms with Crippen LogP contribution in [0, 0.1) is 16.7 Å². The number of para-hydroxylation sites is 1. The normalized spacial score (nSPS) is 12.2. The summed E-state index contributed by atoms with van der Waals surface area (Å²) in [5.74, 6) is 0.967. The van der Waals surface area contributed by atoms with Crippen molar-refractivity contribution in [3.8, 4) is 11.8 Å². The summed E-state index contributed by atoms with van der Waals surface area (Å²) in [4.78, 5) is 13.8. The first-order chi connectivity index (χ1) is 13.4. The molecule has 0 bridgehead atoms. The molecule has 0 spiro atoms. The van der Waals surface area contributed by atoms with E-state index in [1.165, 1.54) is 0 Å². The summed E-state index contributed by atoms with van der Waals surface area (Å²) in [6.45, 7) is 6.41. The molecule has 2 aromatic heterocycles. The predicted octanol–water partition coefficient (Wildman–Crippen LogP) is 5.31. The highest BCUT2D eigenvalue weighted by Gasteiger charge is 2.29. The molecule has 0 saturated heterocycles. The molecule has 1 amide bonds. The monoisotopic (exact) mass is 394 g/mol. The fraction of sp³-hybridized carbons (Fsp3) is 0.273. The zero-order valence-electron chi connectivity index (χ0n) is 16.1. The van der Waals surface area contributed by atoms with Gasteiger partial charge in [-0.25, -0.2) is 0 Å². The molecule has 3 aromatic rings. The van der Waals surface area contributed by atoms with Crippen LogP contribution in [-0.4, -0.2) is 5.91 Å². The molecule has 0 radical (unpaired) electrons. The number of amides is 1. The van der Waals surface area contributed by atoms with E-state index < -0.39 is 0 Å². The molecule has 3 rings (SSSR count). The molecular weight excluding hydrogens is 372 g/mol. The molecule has 2 heterocycles. The van der Waals surface area contributed by atoms with Crippen LogP contribution < -0.4 is 10.1 Å². The Morgan fingerprint density at radius 2 is 2.00 bits per heavy atom. The number of nitriles is 1. The molecule has 0 fully saturated rings. The number of rotatable bonds is 6. The maximum atomic E-state index is 12.7. The number of nitrogens with zero attached hydrogens (tertiary/aromatic N) is 1. The van der Waals surface area contributed by atoms with E-state index in [0.717, 1.165) is 4.88 Å². The number of hydrogen-bond donors (Lipinski definition) is 1. The number of furan rings is 1. The van der Waals surface area contributed by atoms with Gasteiger partial charge in [0.2, 0.25) is 0 Å². The van der Waals surface area contributed by atoms with Gasteiger partial charge in [0, 0.05) is 4.88 Å². The van der Waals surface area contributed by atoms with Crippen molar-refractivity contribution in [2.75, 3.05) is 0 Å². The minimum absolute atomic E-state index is 0.118. The maximum Gasteiger partial charge on any atom is 0.287 e. The maximum absolute atomic E-state index is 12.7. The lowest BCUT2D eigenvalue weighted by atomic mass is 9.85. The average molecular weight is 394 g/mol. The summed E-state index contributed by atoms with van der Waals surface area (Å²) >= 11 is 1.62. The first-order valence-corrected chi connectivity index (χ1v) is 9.81. The van der Waals surface area contributed by atoms with Crippen molar-refractivity contribution < 1.29 is 13.9 Å². The summed E-state index contributed by atoms with van der Waals surface area (Å²) in [7, 11) is 0. The minimum atomic E-state index is -0.267. The molecule has 28 heavy (non-hydrogen) atoms. The lowest BCUT2D eigenvalue weighted by Gasteiger charge is -2.30. The highest BCUT2D eigenvalue weighted by Crippen LogP contribution is 2.35. The summed E-state index contributed by atoms with van der Waals surface area (Å²) in [6, 6.07) is 16.3. The smallest absolute Gasteiger partial charge is 0.287 e. The molecule has 144 valence electrons. The SMILES string of the molecule is CC(C)(C)C(NC(=O)c1ccc(COc2ccccc2C#N)o1)c1cccs1. The van der Waals surface area contributed by atoms with Gasteiger partial charge < -0.3 is 14.5 Å². The molecular formula is C22H22N2O3S. The number of carbonyl (C=O) groups is 1. The van der Waals surface area contributed by atoms with Crippen LogP contribution in [0.1, 0.15) is 53.6 Å². The van der Waals surface area contributed by atoms with Gasteiger partial charge in [0.25, 0.3) is 5.91 Å². The summed E-state index contributed by atoms with van der Waals surface area (Å²) in [6.07, 6.45) is 0. The number of benzene rings is 1. The van der Waals surface area contributed by atoms with Gasteiger partial charge in [-0.3, -0.25) is 4.79 Å². The Morgan fingerprint density at radius 1 is 1.21 bits per heavy atom. The minimum Gasteiger partial charge on any atom is -0.484 e. The van der Waals surface area contributed by atoms with Crippen molar-refractivity contribution in [1.82, 2.24) is 5.32 Å². The van der Waals surface area contributed by atoms with Crippen molar-refractivity contribution in [3.63, 3.8) is 0 Å². The molecule has 0 aliphatic carbocycles. The van der Waals surface area contributed by atoms with E-state index in [9.17, 15) is 4.79 Å². The summed E-state index contributed by atoms with van der Waals surface area (Å²) < 4.78 is 11.3. The fourth-order valence-electron chi connectivity index (χ4n) is 2.78. The van der Waals surface area contributed by atoms with Crippen molar-refractivity contribution in [3.05, 3.63) is 75.9 Å². The van der Waals surface area contributed by atoms with E-state index in [1.54, 1.807) is 47.7 Å². The van der Waals surface area contributed by atoms with Gasteiger partial charge in [0.15, 0.2) is 5.76 Å². The van der Waals surface area contributed by atoms with Crippen LogP contribution in [0.2, 0.25) is 0 Å². The second-order valence-corrected chi connectivity index (χ2v) is 8.43. The fourth-order valence-corrected chi connectivity index (χ4v) is 3.80. The van der Waals surface area contributed by atoms with Gasteiger partial charge in [-0.15, -0.1) is 11.3 Å². The zero-order chi connectivity index (χ0) is 20.1. The Kier molecular flexibility index (Phi) is 5.86. The first-order valence-electron chi connectivity index (χ1n) is 8.93. The number of ether oxygens (including phenoxy) is 1. The topological polar surface area (TPSA) is 75.3 Å². The molecule has 1 N–H and O–H groups in total. The third-order valence-electron chi connectivity index (χ3n) is 4.23. The van der Waals surface area contributed by atoms with E-state index in [0.29, 0.717) is 17.1 Å². The van der Waals surface area contributed by atoms with E-state index in [-0.39, 0.29) is 29.7 Å². The molecule has 1 aromatic carbocycles. The lowest BCUT2D eigenvalue weighted by Crippen LogP contribution is -2.36. The lowest BCUT2D eigenvalue weighted by molar-refractivity contribution is 0.0871. The molecule has 5 nitrogen and oxygen atoms in total. The van der Waals surface area contributed by atoms with E-state index in [1.807, 2.05) is 17.5 Å². The molecule has 1 atom stereocenters. The third-order valence-corrected chi connectivity index (χ3v) is 5.17. The van der Waals surface area contributed by atoms with Crippen LogP contribution in [-0.2, 0) is 6.61 Å². The first kappa shape index (κ1) is 19.7. The van der Waals surface area contributed by atoms with Crippen molar-refractivity contribution in [2.24, 2.45) is 5.41 Å². The summed E-state index contributed by atoms with van der Waals surface area (Å²) in [5, 5.41) is 14.2. The number of carbonyl (C=O) groups excluding carboxylic acids is 1. The Labute approximate surface area is 168 Å². The number of nitrogens with one attached hydrogen (secondary N) is 1. The van der Waals surface area contributed by atoms with Gasteiger partial charge in [0.1, 0.15) is 24.2 Å². The largest absolute Gasteiger partial charge is 0.484 e. The van der Waals surface area contributed by atoms with Gasteiger partial charge in [-0.1, -0.05) is 39.0 Å². The second kappa shape index (κ2) is 8.32. The zero-order valence-corrected chi connectivity index (χ0v) is 16.9. The van der Waals surface area contributed by atoms with Crippen LogP contribution in [0.3, 0.4) is 0 Å². The van der Waals surface area contributed by atoms with Crippen molar-refractivity contribution in [1.29, 1.82) is 5.26 Å². The number of thiophene rings is 1. The van der Waals surface area contributed by atoms with Crippen LogP contribution in [0.25, 0.3) is 0 Å². The van der Waals surface area contributed by atoms with E-state index in [4.69, 9.17) is 14.4 Å². The predicted molar refractivity (Wildman–Crippen MR) is 108 cm³/mol. The average Bonchev–Trinajstić information content (AvgIpc) is 3.35. The second-order valence-electron chi connectivity index (χ2n) is 7.45. The highest BCUT2D eigenvalue weighted by atomic mass is 32.1. The molecule has 0 aliphatic rings. The van der Waals surface area contributed by atoms with Gasteiger partial charge in [-0.05, 0) is 41.1 Å². The van der Waals surface area contributed by atoms with Crippen LogP contribution in [0.15, 0.2) is 58.3 Å². The van der Waals surface area contributed by atoms with Gasteiger partial charge in [0.05, 0.1) is 11.6 Å². The van der Waals surface area contributed by atoms with E-state index in [2.05, 4.69) is 32.2 Å². The third kappa shape index (κ3) is 4.62. The van der Waals surface area contributed by atoms with Gasteiger partial charge >= 0.3 is 0 Å². The molecule has 6 heteroatoms. The molecule has 0 saturated carbocycles. The van der Waals surface area contributed by atoms with Crippen LogP contribution >= 0.6 is 11.3 Å². The van der Waals surface area contributed by atoms with Crippen LogP contribution in [0.4, 0.5) is 0 Å². The van der Waals surface area contributed by atoms with Crippen molar-refractivity contribution >= 4 is 17.2 Å². The quantitative estimate of drug-likeness (QED) is 0.615. The van der Waals surface area contributed by atoms with Crippen LogP contribution in [0.5, 0.6) is 5.75 Å². The Balaban J connectivity index is 1.67. The highest BCUT2D eigenvalue weighted by molar-refractivity contribution is 7.10. The molecule has 1 unspecified atom stereocenters. The number of hydrogen-bond acceptors (Lipinski definition) is 5. The van der Waals surface area contributed by atoms with E-state index >= 15 is 0 Å². The standard InChI is InChI=1S/C22H22N2O3S/c1-22(2,3)20(19-9-6-12-28-19)24-21(25)18-11-10-16(27-18)14-26-17-8-5-4-7-15(17)13-23/h4-12,20H,14H2,1-3H3,(H,24,25). The molecule has 0 aliphatic heterocycles. The summed E-state index contributed by atoms with van der Waals surface area (Å²) in [5.41, 5.74) is 0.316. The van der Waals surface area contributed by atoms with Crippen molar-refractivity contribution in [2.45, 2.75) is 33.4 Å². The Morgan fingerprint density at radius 3 is 2.68 bits per heavy atom.